The normalized spacial score (nSPS) is 16.7. The Labute approximate surface area is 176 Å². The Morgan fingerprint density at radius 3 is 2.20 bits per heavy atom. The van der Waals surface area contributed by atoms with Gasteiger partial charge in [-0.25, -0.2) is 4.39 Å². The van der Waals surface area contributed by atoms with Crippen LogP contribution in [0.4, 0.5) is 4.39 Å². The van der Waals surface area contributed by atoms with Crippen LogP contribution in [0.1, 0.15) is 17.2 Å². The van der Waals surface area contributed by atoms with E-state index in [0.717, 1.165) is 43.0 Å². The van der Waals surface area contributed by atoms with Crippen molar-refractivity contribution in [3.63, 3.8) is 0 Å². The second kappa shape index (κ2) is 8.05. The van der Waals surface area contributed by atoms with Crippen LogP contribution in [-0.4, -0.2) is 48.0 Å². The van der Waals surface area contributed by atoms with Gasteiger partial charge in [-0.1, -0.05) is 60.7 Å². The van der Waals surface area contributed by atoms with E-state index in [-0.39, 0.29) is 11.9 Å². The molecule has 30 heavy (non-hydrogen) atoms. The van der Waals surface area contributed by atoms with Crippen LogP contribution in [0.2, 0.25) is 0 Å². The maximum absolute atomic E-state index is 13.8. The van der Waals surface area contributed by atoms with Crippen molar-refractivity contribution < 1.29 is 4.39 Å². The molecule has 1 aliphatic heterocycles. The van der Waals surface area contributed by atoms with Gasteiger partial charge in [0.25, 0.3) is 0 Å². The third kappa shape index (κ3) is 3.53. The van der Waals surface area contributed by atoms with Crippen LogP contribution in [0.5, 0.6) is 0 Å². The molecule has 2 heterocycles. The van der Waals surface area contributed by atoms with Crippen molar-refractivity contribution >= 4 is 10.9 Å². The number of halogens is 1. The van der Waals surface area contributed by atoms with Gasteiger partial charge in [-0.15, -0.1) is 0 Å². The number of aromatic nitrogens is 1. The van der Waals surface area contributed by atoms with Gasteiger partial charge in [-0.3, -0.25) is 4.90 Å². The molecule has 1 unspecified atom stereocenters. The van der Waals surface area contributed by atoms with Crippen molar-refractivity contribution in [2.45, 2.75) is 6.04 Å². The van der Waals surface area contributed by atoms with Crippen molar-refractivity contribution in [1.82, 2.24) is 14.8 Å². The lowest BCUT2D eigenvalue weighted by Crippen LogP contribution is -2.46. The monoisotopic (exact) mass is 399 g/mol. The first-order chi connectivity index (χ1) is 14.7. The van der Waals surface area contributed by atoms with E-state index in [0.29, 0.717) is 0 Å². The number of nitrogens with zero attached hydrogens (tertiary/aromatic N) is 2. The summed E-state index contributed by atoms with van der Waals surface area (Å²) in [6, 6.07) is 26.1. The molecule has 1 aliphatic rings. The number of hydrogen-bond acceptors (Lipinski definition) is 2. The standard InChI is InChI=1S/C26H26FN3/c1-29-15-17-30(18-16-29)26(20-11-13-21(27)14-12-20)24-22-9-5-6-10-23(22)28-25(24)19-7-3-2-4-8-19/h2-14,26,28H,15-18H2,1H3. The van der Waals surface area contributed by atoms with Gasteiger partial charge in [0.2, 0.25) is 0 Å². The molecule has 1 N–H and O–H groups in total. The van der Waals surface area contributed by atoms with E-state index in [9.17, 15) is 4.39 Å². The third-order valence-corrected chi connectivity index (χ3v) is 6.17. The molecule has 152 valence electrons. The minimum absolute atomic E-state index is 0.0608. The van der Waals surface area contributed by atoms with Crippen molar-refractivity contribution in [2.75, 3.05) is 33.2 Å². The first-order valence-electron chi connectivity index (χ1n) is 10.5. The molecule has 1 fully saturated rings. The molecule has 4 aromatic rings. The van der Waals surface area contributed by atoms with Crippen molar-refractivity contribution in [2.24, 2.45) is 0 Å². The Balaban J connectivity index is 1.73. The first kappa shape index (κ1) is 19.0. The van der Waals surface area contributed by atoms with E-state index in [4.69, 9.17) is 0 Å². The molecule has 0 radical (unpaired) electrons. The van der Waals surface area contributed by atoms with Gasteiger partial charge < -0.3 is 9.88 Å². The Kier molecular flexibility index (Phi) is 5.11. The maximum atomic E-state index is 13.8. The summed E-state index contributed by atoms with van der Waals surface area (Å²) in [6.07, 6.45) is 0. The number of fused-ring (bicyclic) bond motifs is 1. The average molecular weight is 400 g/mol. The fraction of sp³-hybridized carbons (Fsp3) is 0.231. The van der Waals surface area contributed by atoms with Gasteiger partial charge in [0.1, 0.15) is 5.82 Å². The fourth-order valence-electron chi connectivity index (χ4n) is 4.57. The molecule has 0 saturated carbocycles. The minimum Gasteiger partial charge on any atom is -0.354 e. The second-order valence-corrected chi connectivity index (χ2v) is 8.12. The fourth-order valence-corrected chi connectivity index (χ4v) is 4.57. The van der Waals surface area contributed by atoms with Gasteiger partial charge >= 0.3 is 0 Å². The number of H-pyrrole nitrogens is 1. The zero-order valence-electron chi connectivity index (χ0n) is 17.2. The molecule has 3 aromatic carbocycles. The number of piperazine rings is 1. The molecular formula is C26H26FN3. The van der Waals surface area contributed by atoms with Crippen LogP contribution in [0.3, 0.4) is 0 Å². The lowest BCUT2D eigenvalue weighted by atomic mass is 9.91. The number of para-hydroxylation sites is 1. The maximum Gasteiger partial charge on any atom is 0.123 e. The zero-order chi connectivity index (χ0) is 20.5. The van der Waals surface area contributed by atoms with E-state index in [1.54, 1.807) is 12.1 Å². The predicted octanol–water partition coefficient (Wildman–Crippen LogP) is 5.31. The Morgan fingerprint density at radius 2 is 1.47 bits per heavy atom. The molecule has 5 rings (SSSR count). The topological polar surface area (TPSA) is 22.3 Å². The molecule has 0 spiro atoms. The summed E-state index contributed by atoms with van der Waals surface area (Å²) in [5, 5.41) is 1.23. The van der Waals surface area contributed by atoms with Crippen LogP contribution < -0.4 is 0 Å². The lowest BCUT2D eigenvalue weighted by Gasteiger charge is -2.38. The van der Waals surface area contributed by atoms with Gasteiger partial charge in [-0.2, -0.15) is 0 Å². The van der Waals surface area contributed by atoms with E-state index < -0.39 is 0 Å². The van der Waals surface area contributed by atoms with Gasteiger partial charge in [0.05, 0.1) is 11.7 Å². The van der Waals surface area contributed by atoms with Crippen molar-refractivity contribution in [3.8, 4) is 11.3 Å². The molecule has 0 amide bonds. The summed E-state index contributed by atoms with van der Waals surface area (Å²) in [7, 11) is 2.17. The van der Waals surface area contributed by atoms with Crippen molar-refractivity contribution in [1.29, 1.82) is 0 Å². The van der Waals surface area contributed by atoms with Crippen LogP contribution >= 0.6 is 0 Å². The summed E-state index contributed by atoms with van der Waals surface area (Å²) in [4.78, 5) is 8.58. The zero-order valence-corrected chi connectivity index (χ0v) is 17.2. The molecule has 3 nitrogen and oxygen atoms in total. The molecule has 1 atom stereocenters. The van der Waals surface area contributed by atoms with Crippen LogP contribution in [0.25, 0.3) is 22.2 Å². The quantitative estimate of drug-likeness (QED) is 0.502. The average Bonchev–Trinajstić information content (AvgIpc) is 3.17. The van der Waals surface area contributed by atoms with E-state index in [2.05, 4.69) is 70.4 Å². The smallest absolute Gasteiger partial charge is 0.123 e. The SMILES string of the molecule is CN1CCN(C(c2ccc(F)cc2)c2c(-c3ccccc3)[nH]c3ccccc23)CC1. The van der Waals surface area contributed by atoms with Crippen molar-refractivity contribution in [3.05, 3.63) is 95.8 Å². The van der Waals surface area contributed by atoms with Gasteiger partial charge in [0, 0.05) is 42.6 Å². The molecule has 1 aromatic heterocycles. The van der Waals surface area contributed by atoms with E-state index in [1.807, 2.05) is 18.2 Å². The molecular weight excluding hydrogens is 373 g/mol. The number of benzene rings is 3. The first-order valence-corrected chi connectivity index (χ1v) is 10.5. The summed E-state index contributed by atoms with van der Waals surface area (Å²) in [6.45, 7) is 4.01. The molecule has 0 bridgehead atoms. The summed E-state index contributed by atoms with van der Waals surface area (Å²) in [5.74, 6) is -0.196. The largest absolute Gasteiger partial charge is 0.354 e. The molecule has 1 saturated heterocycles. The summed E-state index contributed by atoms with van der Waals surface area (Å²) < 4.78 is 13.8. The number of hydrogen-bond donors (Lipinski definition) is 1. The third-order valence-electron chi connectivity index (χ3n) is 6.17. The Hall–Kier alpha value is -2.95. The number of rotatable bonds is 4. The lowest BCUT2D eigenvalue weighted by molar-refractivity contribution is 0.128. The molecule has 0 aliphatic carbocycles. The number of aromatic amines is 1. The van der Waals surface area contributed by atoms with Gasteiger partial charge in [-0.05, 0) is 36.4 Å². The second-order valence-electron chi connectivity index (χ2n) is 8.12. The highest BCUT2D eigenvalue weighted by Crippen LogP contribution is 2.40. The highest BCUT2D eigenvalue weighted by Gasteiger charge is 2.30. The Bertz CT molecular complexity index is 1130. The van der Waals surface area contributed by atoms with Crippen LogP contribution in [-0.2, 0) is 0 Å². The Morgan fingerprint density at radius 1 is 0.800 bits per heavy atom. The minimum atomic E-state index is -0.196. The summed E-state index contributed by atoms with van der Waals surface area (Å²) in [5.41, 5.74) is 5.85. The van der Waals surface area contributed by atoms with E-state index >= 15 is 0 Å². The highest BCUT2D eigenvalue weighted by atomic mass is 19.1. The molecule has 4 heteroatoms. The van der Waals surface area contributed by atoms with Gasteiger partial charge in [0.15, 0.2) is 0 Å². The number of likely N-dealkylation sites (N-methyl/N-ethyl adjacent to an activating group) is 1. The number of nitrogens with one attached hydrogen (secondary N) is 1. The predicted molar refractivity (Wildman–Crippen MR) is 121 cm³/mol. The van der Waals surface area contributed by atoms with Crippen LogP contribution in [0, 0.1) is 5.82 Å². The van der Waals surface area contributed by atoms with Crippen LogP contribution in [0.15, 0.2) is 78.9 Å². The summed E-state index contributed by atoms with van der Waals surface area (Å²) >= 11 is 0. The highest BCUT2D eigenvalue weighted by molar-refractivity contribution is 5.91. The van der Waals surface area contributed by atoms with E-state index in [1.165, 1.54) is 16.5 Å².